The molecule has 1 heterocycles. The smallest absolute Gasteiger partial charge is 0.0198 e. The van der Waals surface area contributed by atoms with Crippen LogP contribution in [0, 0.1) is 0 Å². The molecule has 0 amide bonds. The molecule has 1 saturated heterocycles. The topological polar surface area (TPSA) is 15.3 Å². The molecule has 2 nitrogen and oxygen atoms in total. The van der Waals surface area contributed by atoms with Gasteiger partial charge in [-0.1, -0.05) is 0 Å². The zero-order valence-corrected chi connectivity index (χ0v) is 9.02. The van der Waals surface area contributed by atoms with Crippen molar-refractivity contribution in [2.24, 2.45) is 0 Å². The molecule has 0 aromatic heterocycles. The van der Waals surface area contributed by atoms with Gasteiger partial charge in [-0.25, -0.2) is 0 Å². The maximum atomic E-state index is 3.49. The van der Waals surface area contributed by atoms with Crippen LogP contribution in [0.5, 0.6) is 0 Å². The van der Waals surface area contributed by atoms with Gasteiger partial charge in [-0.3, -0.25) is 4.90 Å². The summed E-state index contributed by atoms with van der Waals surface area (Å²) in [7, 11) is 0. The molecule has 2 atom stereocenters. The highest BCUT2D eigenvalue weighted by atomic mass is 15.3. The van der Waals surface area contributed by atoms with E-state index in [2.05, 4.69) is 44.8 Å². The second-order valence-corrected chi connectivity index (χ2v) is 4.98. The first-order chi connectivity index (χ1) is 5.41. The van der Waals surface area contributed by atoms with E-state index in [0.717, 1.165) is 6.54 Å². The van der Waals surface area contributed by atoms with E-state index < -0.39 is 0 Å². The summed E-state index contributed by atoms with van der Waals surface area (Å²) in [5, 5.41) is 3.49. The van der Waals surface area contributed by atoms with Crippen molar-refractivity contribution < 1.29 is 0 Å². The molecule has 0 aromatic rings. The predicted molar refractivity (Wildman–Crippen MR) is 53.4 cm³/mol. The van der Waals surface area contributed by atoms with Gasteiger partial charge in [0.15, 0.2) is 0 Å². The van der Waals surface area contributed by atoms with E-state index in [0.29, 0.717) is 17.6 Å². The van der Waals surface area contributed by atoms with E-state index in [1.165, 1.54) is 6.54 Å². The summed E-state index contributed by atoms with van der Waals surface area (Å²) in [4.78, 5) is 2.58. The summed E-state index contributed by atoms with van der Waals surface area (Å²) in [5.41, 5.74) is 0.315. The van der Waals surface area contributed by atoms with Crippen LogP contribution in [0.2, 0.25) is 0 Å². The van der Waals surface area contributed by atoms with Gasteiger partial charge < -0.3 is 5.32 Å². The fourth-order valence-corrected chi connectivity index (χ4v) is 1.96. The lowest BCUT2D eigenvalue weighted by molar-refractivity contribution is 0.0533. The van der Waals surface area contributed by atoms with Crippen LogP contribution in [0.4, 0.5) is 0 Å². The molecule has 1 fully saturated rings. The van der Waals surface area contributed by atoms with Crippen molar-refractivity contribution in [3.63, 3.8) is 0 Å². The quantitative estimate of drug-likeness (QED) is 0.592. The molecule has 0 radical (unpaired) electrons. The molecule has 0 spiro atoms. The summed E-state index contributed by atoms with van der Waals surface area (Å²) >= 11 is 0. The second kappa shape index (κ2) is 3.35. The zero-order chi connectivity index (χ0) is 9.35. The standard InChI is InChI=1S/C10H22N2/c1-8-7-12(10(3,4)5)9(2)6-11-8/h8-9,11H,6-7H2,1-5H3/t8-,9+/m1/s1. The first-order valence-electron chi connectivity index (χ1n) is 4.91. The molecule has 72 valence electrons. The minimum atomic E-state index is 0.315. The molecule has 0 saturated carbocycles. The zero-order valence-electron chi connectivity index (χ0n) is 9.02. The monoisotopic (exact) mass is 170 g/mol. The Kier molecular flexibility index (Phi) is 2.79. The maximum Gasteiger partial charge on any atom is 0.0198 e. The van der Waals surface area contributed by atoms with E-state index in [1.54, 1.807) is 0 Å². The third-order valence-electron chi connectivity index (χ3n) is 2.63. The molecule has 1 aliphatic rings. The Hall–Kier alpha value is -0.0800. The van der Waals surface area contributed by atoms with Gasteiger partial charge in [0.05, 0.1) is 0 Å². The maximum absolute atomic E-state index is 3.49. The van der Waals surface area contributed by atoms with E-state index in [4.69, 9.17) is 0 Å². The summed E-state index contributed by atoms with van der Waals surface area (Å²) in [6.07, 6.45) is 0. The van der Waals surface area contributed by atoms with Crippen molar-refractivity contribution in [1.82, 2.24) is 10.2 Å². The first kappa shape index (κ1) is 10.0. The highest BCUT2D eigenvalue weighted by Gasteiger charge is 2.30. The van der Waals surface area contributed by atoms with Crippen LogP contribution in [-0.2, 0) is 0 Å². The van der Waals surface area contributed by atoms with Crippen LogP contribution in [0.15, 0.2) is 0 Å². The summed E-state index contributed by atoms with van der Waals surface area (Å²) in [6, 6.07) is 1.31. The minimum absolute atomic E-state index is 0.315. The number of hydrogen-bond acceptors (Lipinski definition) is 2. The fourth-order valence-electron chi connectivity index (χ4n) is 1.96. The van der Waals surface area contributed by atoms with Crippen molar-refractivity contribution >= 4 is 0 Å². The van der Waals surface area contributed by atoms with E-state index in [-0.39, 0.29) is 0 Å². The number of rotatable bonds is 0. The van der Waals surface area contributed by atoms with Crippen molar-refractivity contribution in [2.75, 3.05) is 13.1 Å². The predicted octanol–water partition coefficient (Wildman–Crippen LogP) is 1.47. The largest absolute Gasteiger partial charge is 0.311 e. The van der Waals surface area contributed by atoms with Crippen LogP contribution < -0.4 is 5.32 Å². The van der Waals surface area contributed by atoms with Gasteiger partial charge in [-0.05, 0) is 34.6 Å². The molecule has 1 rings (SSSR count). The molecule has 0 unspecified atom stereocenters. The van der Waals surface area contributed by atoms with Crippen molar-refractivity contribution in [1.29, 1.82) is 0 Å². The summed E-state index contributed by atoms with van der Waals surface area (Å²) in [5.74, 6) is 0. The van der Waals surface area contributed by atoms with Gasteiger partial charge in [-0.15, -0.1) is 0 Å². The molecule has 2 heteroatoms. The molecule has 12 heavy (non-hydrogen) atoms. The van der Waals surface area contributed by atoms with Gasteiger partial charge in [-0.2, -0.15) is 0 Å². The average Bonchev–Trinajstić information content (AvgIpc) is 1.92. The minimum Gasteiger partial charge on any atom is -0.311 e. The number of nitrogens with zero attached hydrogens (tertiary/aromatic N) is 1. The third kappa shape index (κ3) is 2.20. The Morgan fingerprint density at radius 1 is 1.25 bits per heavy atom. The molecular weight excluding hydrogens is 148 g/mol. The van der Waals surface area contributed by atoms with Crippen LogP contribution >= 0.6 is 0 Å². The van der Waals surface area contributed by atoms with Crippen molar-refractivity contribution in [3.8, 4) is 0 Å². The first-order valence-corrected chi connectivity index (χ1v) is 4.91. The Morgan fingerprint density at radius 2 is 1.83 bits per heavy atom. The summed E-state index contributed by atoms with van der Waals surface area (Å²) < 4.78 is 0. The average molecular weight is 170 g/mol. The SMILES string of the molecule is C[C@@H]1CN(C(C)(C)C)[C@@H](C)CN1. The highest BCUT2D eigenvalue weighted by molar-refractivity contribution is 4.88. The van der Waals surface area contributed by atoms with E-state index in [9.17, 15) is 0 Å². The third-order valence-corrected chi connectivity index (χ3v) is 2.63. The van der Waals surface area contributed by atoms with Gasteiger partial charge >= 0.3 is 0 Å². The number of piperazine rings is 1. The van der Waals surface area contributed by atoms with Crippen molar-refractivity contribution in [2.45, 2.75) is 52.2 Å². The number of hydrogen-bond donors (Lipinski definition) is 1. The van der Waals surface area contributed by atoms with Gasteiger partial charge in [0.25, 0.3) is 0 Å². The van der Waals surface area contributed by atoms with Crippen LogP contribution in [0.25, 0.3) is 0 Å². The van der Waals surface area contributed by atoms with Gasteiger partial charge in [0.2, 0.25) is 0 Å². The Bertz CT molecular complexity index is 148. The molecule has 1 aliphatic heterocycles. The van der Waals surface area contributed by atoms with Crippen molar-refractivity contribution in [3.05, 3.63) is 0 Å². The Labute approximate surface area is 76.3 Å². The van der Waals surface area contributed by atoms with E-state index >= 15 is 0 Å². The normalized spacial score (nSPS) is 33.8. The fraction of sp³-hybridized carbons (Fsp3) is 1.00. The molecule has 0 aromatic carbocycles. The van der Waals surface area contributed by atoms with Crippen LogP contribution in [0.1, 0.15) is 34.6 Å². The Morgan fingerprint density at radius 3 is 2.25 bits per heavy atom. The lowest BCUT2D eigenvalue weighted by atomic mass is 10.00. The Balaban J connectivity index is 2.61. The highest BCUT2D eigenvalue weighted by Crippen LogP contribution is 2.19. The molecular formula is C10H22N2. The number of nitrogens with one attached hydrogen (secondary N) is 1. The lowest BCUT2D eigenvalue weighted by Gasteiger charge is -2.45. The second-order valence-electron chi connectivity index (χ2n) is 4.98. The molecule has 0 aliphatic carbocycles. The van der Waals surface area contributed by atoms with Gasteiger partial charge in [0, 0.05) is 30.7 Å². The lowest BCUT2D eigenvalue weighted by Crippen LogP contribution is -2.60. The summed E-state index contributed by atoms with van der Waals surface area (Å²) in [6.45, 7) is 13.7. The molecule has 0 bridgehead atoms. The van der Waals surface area contributed by atoms with Gasteiger partial charge in [0.1, 0.15) is 0 Å². The van der Waals surface area contributed by atoms with Crippen LogP contribution in [-0.4, -0.2) is 35.6 Å². The molecule has 1 N–H and O–H groups in total. The van der Waals surface area contributed by atoms with Crippen LogP contribution in [0.3, 0.4) is 0 Å². The van der Waals surface area contributed by atoms with E-state index in [1.807, 2.05) is 0 Å².